The van der Waals surface area contributed by atoms with Crippen LogP contribution in [0.4, 0.5) is 4.39 Å². The molecule has 4 heteroatoms. The Bertz CT molecular complexity index is 438. The van der Waals surface area contributed by atoms with Gasteiger partial charge in [-0.15, -0.1) is 11.3 Å². The van der Waals surface area contributed by atoms with Crippen LogP contribution in [0.25, 0.3) is 10.2 Å². The molecule has 12 heavy (non-hydrogen) atoms. The summed E-state index contributed by atoms with van der Waals surface area (Å²) in [6.07, 6.45) is 0. The minimum absolute atomic E-state index is 0.335. The molecule has 2 rings (SSSR count). The van der Waals surface area contributed by atoms with Gasteiger partial charge in [0.15, 0.2) is 0 Å². The maximum Gasteiger partial charge on any atom is 0.126 e. The van der Waals surface area contributed by atoms with Crippen LogP contribution in [-0.2, 0) is 0 Å². The van der Waals surface area contributed by atoms with Crippen molar-refractivity contribution in [3.05, 3.63) is 28.0 Å². The van der Waals surface area contributed by atoms with Gasteiger partial charge in [-0.2, -0.15) is 0 Å². The van der Waals surface area contributed by atoms with Crippen LogP contribution in [-0.4, -0.2) is 4.98 Å². The van der Waals surface area contributed by atoms with E-state index < -0.39 is 0 Å². The second kappa shape index (κ2) is 2.68. The first-order chi connectivity index (χ1) is 5.66. The highest BCUT2D eigenvalue weighted by molar-refractivity contribution is 7.19. The number of rotatable bonds is 0. The molecule has 0 aliphatic heterocycles. The zero-order chi connectivity index (χ0) is 8.72. The van der Waals surface area contributed by atoms with E-state index in [2.05, 4.69) is 4.98 Å². The zero-order valence-corrected chi connectivity index (χ0v) is 7.84. The Labute approximate surface area is 77.8 Å². The zero-order valence-electron chi connectivity index (χ0n) is 6.27. The number of aryl methyl sites for hydroxylation is 1. The molecule has 0 N–H and O–H groups in total. The second-order valence-corrected chi connectivity index (χ2v) is 4.08. The van der Waals surface area contributed by atoms with Crippen molar-refractivity contribution >= 4 is 33.2 Å². The van der Waals surface area contributed by atoms with Gasteiger partial charge in [0.2, 0.25) is 0 Å². The lowest BCUT2D eigenvalue weighted by Crippen LogP contribution is -1.74. The largest absolute Gasteiger partial charge is 0.241 e. The lowest BCUT2D eigenvalue weighted by Gasteiger charge is -1.91. The number of fused-ring (bicyclic) bond motifs is 1. The fourth-order valence-electron chi connectivity index (χ4n) is 1.07. The number of aromatic nitrogens is 1. The van der Waals surface area contributed by atoms with Gasteiger partial charge in [-0.25, -0.2) is 9.37 Å². The van der Waals surface area contributed by atoms with Crippen molar-refractivity contribution < 1.29 is 4.39 Å². The molecular weight excluding hydrogens is 197 g/mol. The Hall–Kier alpha value is -0.670. The van der Waals surface area contributed by atoms with Crippen molar-refractivity contribution in [2.45, 2.75) is 6.92 Å². The van der Waals surface area contributed by atoms with E-state index in [1.165, 1.54) is 23.5 Å². The third-order valence-electron chi connectivity index (χ3n) is 1.52. The molecule has 1 aromatic heterocycles. The molecule has 1 nitrogen and oxygen atoms in total. The number of nitrogens with zero attached hydrogens (tertiary/aromatic N) is 1. The summed E-state index contributed by atoms with van der Waals surface area (Å²) in [4.78, 5) is 4.13. The molecule has 1 aromatic carbocycles. The highest BCUT2D eigenvalue weighted by atomic mass is 35.5. The van der Waals surface area contributed by atoms with Gasteiger partial charge in [0, 0.05) is 6.07 Å². The predicted octanol–water partition coefficient (Wildman–Crippen LogP) is 3.40. The summed E-state index contributed by atoms with van der Waals surface area (Å²) in [6, 6.07) is 2.70. The van der Waals surface area contributed by atoms with Crippen LogP contribution in [0.3, 0.4) is 0 Å². The second-order valence-electron chi connectivity index (χ2n) is 2.47. The van der Waals surface area contributed by atoms with Crippen molar-refractivity contribution in [2.24, 2.45) is 0 Å². The molecule has 0 atom stereocenters. The summed E-state index contributed by atoms with van der Waals surface area (Å²) in [5.74, 6) is -0.335. The van der Waals surface area contributed by atoms with Crippen molar-refractivity contribution in [1.29, 1.82) is 0 Å². The van der Waals surface area contributed by atoms with Gasteiger partial charge >= 0.3 is 0 Å². The molecule has 0 radical (unpaired) electrons. The molecular formula is C8H5ClFNS. The highest BCUT2D eigenvalue weighted by Crippen LogP contribution is 2.29. The summed E-state index contributed by atoms with van der Waals surface area (Å²) in [5, 5.41) is 1.34. The van der Waals surface area contributed by atoms with E-state index in [0.29, 0.717) is 10.5 Å². The average Bonchev–Trinajstić information content (AvgIpc) is 2.29. The summed E-state index contributed by atoms with van der Waals surface area (Å²) in [5.41, 5.74) is 0.641. The Morgan fingerprint density at radius 1 is 1.50 bits per heavy atom. The van der Waals surface area contributed by atoms with Crippen molar-refractivity contribution in [3.63, 3.8) is 0 Å². The van der Waals surface area contributed by atoms with Gasteiger partial charge in [-0.05, 0) is 13.0 Å². The molecule has 62 valence electrons. The Morgan fingerprint density at radius 2 is 2.25 bits per heavy atom. The number of hydrogen-bond donors (Lipinski definition) is 0. The standard InChI is InChI=1S/C8H5ClFNS/c1-4-11-7-3-5(10)2-6(9)8(7)12-4/h2-3H,1H3. The van der Waals surface area contributed by atoms with Crippen LogP contribution < -0.4 is 0 Å². The highest BCUT2D eigenvalue weighted by Gasteiger charge is 2.06. The maximum absolute atomic E-state index is 12.8. The molecule has 0 aliphatic carbocycles. The van der Waals surface area contributed by atoms with Crippen molar-refractivity contribution in [2.75, 3.05) is 0 Å². The maximum atomic E-state index is 12.8. The minimum atomic E-state index is -0.335. The van der Waals surface area contributed by atoms with Gasteiger partial charge in [-0.1, -0.05) is 11.6 Å². The molecule has 2 aromatic rings. The van der Waals surface area contributed by atoms with Crippen LogP contribution in [0.15, 0.2) is 12.1 Å². The SMILES string of the molecule is Cc1nc2cc(F)cc(Cl)c2s1. The van der Waals surface area contributed by atoms with E-state index in [1.807, 2.05) is 6.92 Å². The van der Waals surface area contributed by atoms with Crippen LogP contribution >= 0.6 is 22.9 Å². The Morgan fingerprint density at radius 3 is 3.00 bits per heavy atom. The lowest BCUT2D eigenvalue weighted by molar-refractivity contribution is 0.629. The van der Waals surface area contributed by atoms with Gasteiger partial charge in [-0.3, -0.25) is 0 Å². The van der Waals surface area contributed by atoms with Crippen LogP contribution in [0.5, 0.6) is 0 Å². The van der Waals surface area contributed by atoms with E-state index >= 15 is 0 Å². The fraction of sp³-hybridized carbons (Fsp3) is 0.125. The van der Waals surface area contributed by atoms with Crippen molar-refractivity contribution in [3.8, 4) is 0 Å². The lowest BCUT2D eigenvalue weighted by atomic mass is 10.3. The summed E-state index contributed by atoms with van der Waals surface area (Å²) < 4.78 is 13.6. The molecule has 0 saturated heterocycles. The number of thiazole rings is 1. The average molecular weight is 202 g/mol. The van der Waals surface area contributed by atoms with Gasteiger partial charge in [0.05, 0.1) is 20.2 Å². The normalized spacial score (nSPS) is 10.9. The first kappa shape index (κ1) is 7.95. The molecule has 0 unspecified atom stereocenters. The van der Waals surface area contributed by atoms with E-state index in [4.69, 9.17) is 11.6 Å². The first-order valence-electron chi connectivity index (χ1n) is 3.39. The van der Waals surface area contributed by atoms with Crippen LogP contribution in [0.2, 0.25) is 5.02 Å². The number of hydrogen-bond acceptors (Lipinski definition) is 2. The van der Waals surface area contributed by atoms with E-state index in [9.17, 15) is 4.39 Å². The van der Waals surface area contributed by atoms with E-state index in [0.717, 1.165) is 9.71 Å². The molecule has 0 saturated carbocycles. The van der Waals surface area contributed by atoms with Crippen LogP contribution in [0, 0.1) is 12.7 Å². The van der Waals surface area contributed by atoms with Crippen LogP contribution in [0.1, 0.15) is 5.01 Å². The molecule has 0 bridgehead atoms. The van der Waals surface area contributed by atoms with Gasteiger partial charge in [0.25, 0.3) is 0 Å². The summed E-state index contributed by atoms with van der Waals surface area (Å²) in [6.45, 7) is 1.87. The Balaban J connectivity index is 2.88. The molecule has 0 spiro atoms. The molecule has 0 aliphatic rings. The molecule has 1 heterocycles. The quantitative estimate of drug-likeness (QED) is 0.637. The van der Waals surface area contributed by atoms with Crippen molar-refractivity contribution in [1.82, 2.24) is 4.98 Å². The summed E-state index contributed by atoms with van der Waals surface area (Å²) >= 11 is 7.28. The topological polar surface area (TPSA) is 12.9 Å². The Kier molecular flexibility index (Phi) is 1.77. The predicted molar refractivity (Wildman–Crippen MR) is 49.3 cm³/mol. The van der Waals surface area contributed by atoms with E-state index in [-0.39, 0.29) is 5.82 Å². The van der Waals surface area contributed by atoms with Gasteiger partial charge in [0.1, 0.15) is 5.82 Å². The number of halogens is 2. The molecule has 0 fully saturated rings. The monoisotopic (exact) mass is 201 g/mol. The molecule has 0 amide bonds. The third-order valence-corrected chi connectivity index (χ3v) is 2.95. The first-order valence-corrected chi connectivity index (χ1v) is 4.58. The smallest absolute Gasteiger partial charge is 0.126 e. The third kappa shape index (κ3) is 1.19. The number of benzene rings is 1. The summed E-state index contributed by atoms with van der Waals surface area (Å²) in [7, 11) is 0. The van der Waals surface area contributed by atoms with Gasteiger partial charge < -0.3 is 0 Å². The minimum Gasteiger partial charge on any atom is -0.241 e. The van der Waals surface area contributed by atoms with E-state index in [1.54, 1.807) is 0 Å². The fourth-order valence-corrected chi connectivity index (χ4v) is 2.19.